The Labute approximate surface area is 139 Å². The van der Waals surface area contributed by atoms with Gasteiger partial charge in [-0.2, -0.15) is 0 Å². The topological polar surface area (TPSA) is 101 Å². The molecule has 0 radical (unpaired) electrons. The largest absolute Gasteiger partial charge is 0.384 e. The molecule has 0 fully saturated rings. The lowest BCUT2D eigenvalue weighted by molar-refractivity contribution is -0.105. The molecule has 2 aromatic rings. The van der Waals surface area contributed by atoms with Crippen LogP contribution in [0.4, 0.5) is 11.4 Å². The van der Waals surface area contributed by atoms with Crippen LogP contribution in [0.5, 0.6) is 0 Å². The Morgan fingerprint density at radius 2 is 1.50 bits per heavy atom. The van der Waals surface area contributed by atoms with Gasteiger partial charge in [-0.15, -0.1) is 0 Å². The molecule has 6 nitrogen and oxygen atoms in total. The van der Waals surface area contributed by atoms with Crippen LogP contribution in [0.25, 0.3) is 0 Å². The van der Waals surface area contributed by atoms with Crippen LogP contribution in [0, 0.1) is 0 Å². The molecule has 0 aliphatic heterocycles. The summed E-state index contributed by atoms with van der Waals surface area (Å²) in [6, 6.07) is 10.0. The molecule has 0 bridgehead atoms. The van der Waals surface area contributed by atoms with E-state index in [9.17, 15) is 14.4 Å². The van der Waals surface area contributed by atoms with Gasteiger partial charge in [0.1, 0.15) is 0 Å². The molecule has 0 atom stereocenters. The van der Waals surface area contributed by atoms with E-state index in [0.717, 1.165) is 6.42 Å². The van der Waals surface area contributed by atoms with Gasteiger partial charge < -0.3 is 16.4 Å². The van der Waals surface area contributed by atoms with E-state index >= 15 is 0 Å². The average molecular weight is 323 g/mol. The maximum Gasteiger partial charge on any atom is 0.211 e. The highest BCUT2D eigenvalue weighted by atomic mass is 16.1. The molecule has 24 heavy (non-hydrogen) atoms. The zero-order chi connectivity index (χ0) is 17.1. The fraction of sp³-hybridized carbons (Fsp3) is 0.167. The van der Waals surface area contributed by atoms with Crippen molar-refractivity contribution in [3.05, 3.63) is 58.7 Å². The summed E-state index contributed by atoms with van der Waals surface area (Å²) in [5.41, 5.74) is 7.64. The molecule has 1 amide bonds. The number of fused-ring (bicyclic) bond motifs is 2. The Morgan fingerprint density at radius 3 is 2.08 bits per heavy atom. The number of nitrogens with two attached hydrogens (primary N) is 1. The molecule has 1 aliphatic carbocycles. The minimum Gasteiger partial charge on any atom is -0.384 e. The first kappa shape index (κ1) is 15.9. The molecule has 1 aliphatic rings. The van der Waals surface area contributed by atoms with E-state index in [1.165, 1.54) is 0 Å². The molecule has 0 saturated carbocycles. The molecular formula is C18H17N3O3. The number of rotatable bonds is 6. The molecule has 0 unspecified atom stereocenters. The van der Waals surface area contributed by atoms with Gasteiger partial charge in [0.2, 0.25) is 6.41 Å². The second-order valence-corrected chi connectivity index (χ2v) is 5.45. The average Bonchev–Trinajstić information content (AvgIpc) is 2.61. The smallest absolute Gasteiger partial charge is 0.211 e. The SMILES string of the molecule is NCCCNc1ccc(NC=O)c2c1C(=O)c1ccccc1C2=O. The van der Waals surface area contributed by atoms with Crippen LogP contribution >= 0.6 is 0 Å². The monoisotopic (exact) mass is 323 g/mol. The minimum absolute atomic E-state index is 0.226. The van der Waals surface area contributed by atoms with Gasteiger partial charge in [-0.3, -0.25) is 14.4 Å². The van der Waals surface area contributed by atoms with Crippen molar-refractivity contribution >= 4 is 29.4 Å². The van der Waals surface area contributed by atoms with Crippen LogP contribution in [0.15, 0.2) is 36.4 Å². The zero-order valence-electron chi connectivity index (χ0n) is 13.0. The summed E-state index contributed by atoms with van der Waals surface area (Å²) in [6.45, 7) is 1.11. The van der Waals surface area contributed by atoms with Crippen molar-refractivity contribution in [2.24, 2.45) is 5.73 Å². The summed E-state index contributed by atoms with van der Waals surface area (Å²) >= 11 is 0. The van der Waals surface area contributed by atoms with E-state index in [1.807, 2.05) is 0 Å². The third-order valence-corrected chi connectivity index (χ3v) is 3.99. The maximum atomic E-state index is 12.9. The molecular weight excluding hydrogens is 306 g/mol. The number of carbonyl (C=O) groups is 3. The number of anilines is 2. The van der Waals surface area contributed by atoms with Crippen LogP contribution in [0.2, 0.25) is 0 Å². The number of benzene rings is 2. The third-order valence-electron chi connectivity index (χ3n) is 3.99. The number of carbonyl (C=O) groups excluding carboxylic acids is 3. The van der Waals surface area contributed by atoms with Crippen LogP contribution in [0.3, 0.4) is 0 Å². The molecule has 2 aromatic carbocycles. The highest BCUT2D eigenvalue weighted by molar-refractivity contribution is 6.32. The first-order valence-corrected chi connectivity index (χ1v) is 7.68. The van der Waals surface area contributed by atoms with Gasteiger partial charge in [0, 0.05) is 23.4 Å². The van der Waals surface area contributed by atoms with Crippen molar-refractivity contribution in [1.82, 2.24) is 0 Å². The molecule has 122 valence electrons. The Kier molecular flexibility index (Phi) is 4.39. The van der Waals surface area contributed by atoms with Gasteiger partial charge in [-0.05, 0) is 25.1 Å². The van der Waals surface area contributed by atoms with Crippen LogP contribution in [0.1, 0.15) is 38.3 Å². The van der Waals surface area contributed by atoms with Crippen molar-refractivity contribution in [2.45, 2.75) is 6.42 Å². The second kappa shape index (κ2) is 6.64. The summed E-state index contributed by atoms with van der Waals surface area (Å²) in [4.78, 5) is 36.7. The van der Waals surface area contributed by atoms with Crippen LogP contribution in [-0.2, 0) is 4.79 Å². The third kappa shape index (κ3) is 2.57. The van der Waals surface area contributed by atoms with E-state index in [2.05, 4.69) is 10.6 Å². The second-order valence-electron chi connectivity index (χ2n) is 5.45. The fourth-order valence-electron chi connectivity index (χ4n) is 2.88. The zero-order valence-corrected chi connectivity index (χ0v) is 13.0. The molecule has 0 aromatic heterocycles. The fourth-order valence-corrected chi connectivity index (χ4v) is 2.88. The Morgan fingerprint density at radius 1 is 0.917 bits per heavy atom. The quantitative estimate of drug-likeness (QED) is 0.474. The molecule has 6 heteroatoms. The first-order valence-electron chi connectivity index (χ1n) is 7.68. The number of hydrogen-bond acceptors (Lipinski definition) is 5. The number of amides is 1. The van der Waals surface area contributed by atoms with Crippen LogP contribution in [-0.4, -0.2) is 31.1 Å². The van der Waals surface area contributed by atoms with Crippen molar-refractivity contribution < 1.29 is 14.4 Å². The normalized spacial score (nSPS) is 12.4. The summed E-state index contributed by atoms with van der Waals surface area (Å²) in [7, 11) is 0. The van der Waals surface area contributed by atoms with Gasteiger partial charge in [0.15, 0.2) is 11.6 Å². The Bertz CT molecular complexity index is 830. The lowest BCUT2D eigenvalue weighted by Crippen LogP contribution is -2.24. The van der Waals surface area contributed by atoms with Crippen molar-refractivity contribution in [3.8, 4) is 0 Å². The molecule has 0 heterocycles. The molecule has 3 rings (SSSR count). The first-order chi connectivity index (χ1) is 11.7. The lowest BCUT2D eigenvalue weighted by atomic mass is 9.82. The number of hydrogen-bond donors (Lipinski definition) is 3. The predicted octanol–water partition coefficient (Wildman–Crippen LogP) is 1.79. The van der Waals surface area contributed by atoms with Crippen molar-refractivity contribution in [3.63, 3.8) is 0 Å². The number of nitrogens with one attached hydrogen (secondary N) is 2. The van der Waals surface area contributed by atoms with E-state index in [-0.39, 0.29) is 17.1 Å². The van der Waals surface area contributed by atoms with E-state index < -0.39 is 0 Å². The molecule has 0 saturated heterocycles. The Hall–Kier alpha value is -2.99. The van der Waals surface area contributed by atoms with Crippen molar-refractivity contribution in [2.75, 3.05) is 23.7 Å². The van der Waals surface area contributed by atoms with Crippen molar-refractivity contribution in [1.29, 1.82) is 0 Å². The van der Waals surface area contributed by atoms with E-state index in [1.54, 1.807) is 36.4 Å². The maximum absolute atomic E-state index is 12.9. The minimum atomic E-state index is -0.271. The van der Waals surface area contributed by atoms with Crippen LogP contribution < -0.4 is 16.4 Å². The predicted molar refractivity (Wildman–Crippen MR) is 91.6 cm³/mol. The Balaban J connectivity index is 2.17. The standard InChI is InChI=1S/C18H17N3O3/c19-8-3-9-20-13-6-7-14(21-10-22)16-15(13)17(23)11-4-1-2-5-12(11)18(16)24/h1-2,4-7,10,20H,3,8-9,19H2,(H,21,22). The summed E-state index contributed by atoms with van der Waals surface area (Å²) in [6.07, 6.45) is 1.23. The van der Waals surface area contributed by atoms with E-state index in [4.69, 9.17) is 5.73 Å². The number of ketones is 2. The highest BCUT2D eigenvalue weighted by Gasteiger charge is 2.33. The highest BCUT2D eigenvalue weighted by Crippen LogP contribution is 2.36. The summed E-state index contributed by atoms with van der Waals surface area (Å²) in [5.74, 6) is -0.503. The summed E-state index contributed by atoms with van der Waals surface area (Å²) in [5, 5.41) is 5.67. The molecule has 0 spiro atoms. The summed E-state index contributed by atoms with van der Waals surface area (Å²) < 4.78 is 0. The van der Waals surface area contributed by atoms with Gasteiger partial charge in [0.05, 0.1) is 16.8 Å². The van der Waals surface area contributed by atoms with Gasteiger partial charge in [-0.25, -0.2) is 0 Å². The van der Waals surface area contributed by atoms with Gasteiger partial charge in [-0.1, -0.05) is 24.3 Å². The van der Waals surface area contributed by atoms with E-state index in [0.29, 0.717) is 47.6 Å². The van der Waals surface area contributed by atoms with Gasteiger partial charge >= 0.3 is 0 Å². The van der Waals surface area contributed by atoms with Gasteiger partial charge in [0.25, 0.3) is 0 Å². The molecule has 4 N–H and O–H groups in total. The lowest BCUT2D eigenvalue weighted by Gasteiger charge is -2.23.